The third-order valence-corrected chi connectivity index (χ3v) is 4.84. The molecule has 1 aromatic carbocycles. The summed E-state index contributed by atoms with van der Waals surface area (Å²) in [7, 11) is 1.52. The van der Waals surface area contributed by atoms with Crippen LogP contribution >= 0.6 is 57.7 Å². The molecule has 0 spiro atoms. The first-order chi connectivity index (χ1) is 8.95. The Morgan fingerprint density at radius 3 is 2.37 bits per heavy atom. The second-order valence-corrected chi connectivity index (χ2v) is 6.00. The molecule has 0 aliphatic heterocycles. The molecule has 0 amide bonds. The number of carbonyl (C=O) groups is 1. The number of ether oxygens (including phenoxy) is 1. The Morgan fingerprint density at radius 2 is 1.79 bits per heavy atom. The zero-order valence-electron chi connectivity index (χ0n) is 9.47. The number of halogens is 4. The summed E-state index contributed by atoms with van der Waals surface area (Å²) in [6, 6.07) is 3.01. The van der Waals surface area contributed by atoms with Crippen LogP contribution in [0.15, 0.2) is 17.5 Å². The number of thiophene rings is 1. The van der Waals surface area contributed by atoms with Crippen molar-refractivity contribution in [3.63, 3.8) is 0 Å². The van der Waals surface area contributed by atoms with Crippen molar-refractivity contribution in [2.45, 2.75) is 0 Å². The number of ketones is 1. The number of benzene rings is 1. The van der Waals surface area contributed by atoms with Gasteiger partial charge in [-0.05, 0) is 6.07 Å². The smallest absolute Gasteiger partial charge is 0.206 e. The Morgan fingerprint density at radius 1 is 1.11 bits per heavy atom. The summed E-state index contributed by atoms with van der Waals surface area (Å²) in [5, 5.41) is 2.25. The van der Waals surface area contributed by atoms with Gasteiger partial charge >= 0.3 is 0 Å². The molecule has 0 unspecified atom stereocenters. The van der Waals surface area contributed by atoms with Crippen LogP contribution in [-0.2, 0) is 0 Å². The fourth-order valence-corrected chi connectivity index (χ4v) is 3.33. The minimum absolute atomic E-state index is 0.0523. The van der Waals surface area contributed by atoms with E-state index < -0.39 is 0 Å². The van der Waals surface area contributed by atoms with Crippen LogP contribution in [0.5, 0.6) is 5.75 Å². The normalized spacial score (nSPS) is 10.6. The molecule has 0 saturated carbocycles. The Kier molecular flexibility index (Phi) is 4.64. The van der Waals surface area contributed by atoms with Crippen LogP contribution in [0.4, 0.5) is 0 Å². The topological polar surface area (TPSA) is 26.3 Å². The lowest BCUT2D eigenvalue weighted by Crippen LogP contribution is -2.01. The van der Waals surface area contributed by atoms with Gasteiger partial charge in [-0.3, -0.25) is 4.79 Å². The molecule has 1 heterocycles. The summed E-state index contributed by atoms with van der Waals surface area (Å²) in [5.41, 5.74) is 0.141. The fourth-order valence-electron chi connectivity index (χ4n) is 1.44. The molecule has 0 saturated heterocycles. The van der Waals surface area contributed by atoms with E-state index in [1.165, 1.54) is 24.5 Å². The molecule has 7 heteroatoms. The van der Waals surface area contributed by atoms with Gasteiger partial charge in [0, 0.05) is 11.4 Å². The quantitative estimate of drug-likeness (QED) is 0.407. The fraction of sp³-hybridized carbons (Fsp3) is 0.0833. The van der Waals surface area contributed by atoms with Gasteiger partial charge < -0.3 is 4.74 Å². The molecule has 1 aromatic heterocycles. The van der Waals surface area contributed by atoms with Gasteiger partial charge in [0.05, 0.1) is 37.6 Å². The van der Waals surface area contributed by atoms with Crippen molar-refractivity contribution in [2.24, 2.45) is 0 Å². The minimum Gasteiger partial charge on any atom is -0.496 e. The average Bonchev–Trinajstić information content (AvgIpc) is 2.84. The predicted octanol–water partition coefficient (Wildman–Crippen LogP) is 5.60. The number of hydrogen-bond donors (Lipinski definition) is 0. The minimum atomic E-state index is -0.318. The number of carbonyl (C=O) groups excluding carboxylic acids is 1. The highest BCUT2D eigenvalue weighted by molar-refractivity contribution is 7.12. The van der Waals surface area contributed by atoms with Gasteiger partial charge in [0.2, 0.25) is 5.78 Å². The van der Waals surface area contributed by atoms with Gasteiger partial charge in [0.15, 0.2) is 0 Å². The first-order valence-corrected chi connectivity index (χ1v) is 7.35. The molecule has 19 heavy (non-hydrogen) atoms. The first-order valence-electron chi connectivity index (χ1n) is 4.96. The van der Waals surface area contributed by atoms with Crippen molar-refractivity contribution < 1.29 is 9.53 Å². The van der Waals surface area contributed by atoms with Crippen molar-refractivity contribution >= 4 is 63.5 Å². The molecule has 2 rings (SSSR count). The van der Waals surface area contributed by atoms with Gasteiger partial charge in [-0.2, -0.15) is 0 Å². The van der Waals surface area contributed by atoms with E-state index >= 15 is 0 Å². The van der Waals surface area contributed by atoms with Gasteiger partial charge in [0.25, 0.3) is 0 Å². The monoisotopic (exact) mass is 354 g/mol. The molecule has 100 valence electrons. The Hall–Kier alpha value is -0.450. The number of rotatable bonds is 3. The predicted molar refractivity (Wildman–Crippen MR) is 80.8 cm³/mol. The van der Waals surface area contributed by atoms with Crippen LogP contribution in [0.3, 0.4) is 0 Å². The lowest BCUT2D eigenvalue weighted by atomic mass is 10.1. The summed E-state index contributed by atoms with van der Waals surface area (Å²) >= 11 is 25.1. The maximum Gasteiger partial charge on any atom is 0.206 e. The maximum absolute atomic E-state index is 12.4. The highest BCUT2D eigenvalue weighted by Gasteiger charge is 2.22. The maximum atomic E-state index is 12.4. The molecule has 0 radical (unpaired) electrons. The Balaban J connectivity index is 2.53. The van der Waals surface area contributed by atoms with E-state index in [1.807, 2.05) is 0 Å². The van der Waals surface area contributed by atoms with Crippen LogP contribution in [-0.4, -0.2) is 12.9 Å². The van der Waals surface area contributed by atoms with Crippen LogP contribution in [0.2, 0.25) is 20.1 Å². The van der Waals surface area contributed by atoms with Crippen LogP contribution in [0.25, 0.3) is 0 Å². The lowest BCUT2D eigenvalue weighted by Gasteiger charge is -2.08. The SMILES string of the molecule is COc1csc(C(=O)c2c(Cl)cc(Cl)c(Cl)c2Cl)c1. The van der Waals surface area contributed by atoms with Crippen molar-refractivity contribution in [2.75, 3.05) is 7.11 Å². The molecule has 0 atom stereocenters. The summed E-state index contributed by atoms with van der Waals surface area (Å²) in [6.07, 6.45) is 0. The third-order valence-electron chi connectivity index (χ3n) is 2.38. The Bertz CT molecular complexity index is 651. The molecule has 0 fully saturated rings. The zero-order chi connectivity index (χ0) is 14.2. The molecule has 0 N–H and O–H groups in total. The molecule has 0 aliphatic rings. The van der Waals surface area contributed by atoms with Crippen molar-refractivity contribution in [1.82, 2.24) is 0 Å². The summed E-state index contributed by atoms with van der Waals surface area (Å²) in [5.74, 6) is 0.280. The van der Waals surface area contributed by atoms with Crippen LogP contribution < -0.4 is 4.74 Å². The highest BCUT2D eigenvalue weighted by Crippen LogP contribution is 2.39. The Labute approximate surface area is 133 Å². The van der Waals surface area contributed by atoms with E-state index in [1.54, 1.807) is 11.4 Å². The molecule has 2 aromatic rings. The lowest BCUT2D eigenvalue weighted by molar-refractivity contribution is 0.104. The van der Waals surface area contributed by atoms with Gasteiger partial charge in [-0.1, -0.05) is 46.4 Å². The summed E-state index contributed by atoms with van der Waals surface area (Å²) in [4.78, 5) is 12.8. The van der Waals surface area contributed by atoms with Crippen molar-refractivity contribution in [3.8, 4) is 5.75 Å². The van der Waals surface area contributed by atoms with Gasteiger partial charge in [-0.15, -0.1) is 11.3 Å². The van der Waals surface area contributed by atoms with E-state index in [4.69, 9.17) is 51.1 Å². The zero-order valence-corrected chi connectivity index (χ0v) is 13.3. The van der Waals surface area contributed by atoms with Crippen molar-refractivity contribution in [1.29, 1.82) is 0 Å². The van der Waals surface area contributed by atoms with Crippen molar-refractivity contribution in [3.05, 3.63) is 48.0 Å². The standard InChI is InChI=1S/C12H6Cl4O2S/c1-18-5-2-8(19-4-5)12(17)9-6(13)3-7(14)10(15)11(9)16/h2-4H,1H3. The molecule has 0 aliphatic carbocycles. The third kappa shape index (κ3) is 2.86. The number of methoxy groups -OCH3 is 1. The van der Waals surface area contributed by atoms with Crippen LogP contribution in [0.1, 0.15) is 15.2 Å². The van der Waals surface area contributed by atoms with Crippen LogP contribution in [0, 0.1) is 0 Å². The molecule has 0 bridgehead atoms. The van der Waals surface area contributed by atoms with Gasteiger partial charge in [-0.25, -0.2) is 0 Å². The molecular weight excluding hydrogens is 350 g/mol. The van der Waals surface area contributed by atoms with E-state index in [0.717, 1.165) is 0 Å². The van der Waals surface area contributed by atoms with E-state index in [9.17, 15) is 4.79 Å². The summed E-state index contributed by atoms with van der Waals surface area (Å²) < 4.78 is 5.03. The number of hydrogen-bond acceptors (Lipinski definition) is 3. The van der Waals surface area contributed by atoms with Gasteiger partial charge in [0.1, 0.15) is 5.75 Å². The second-order valence-electron chi connectivity index (χ2n) is 3.52. The van der Waals surface area contributed by atoms with E-state index in [-0.39, 0.29) is 31.4 Å². The molecular formula is C12H6Cl4O2S. The second kappa shape index (κ2) is 5.90. The first kappa shape index (κ1) is 14.9. The largest absolute Gasteiger partial charge is 0.496 e. The summed E-state index contributed by atoms with van der Waals surface area (Å²) in [6.45, 7) is 0. The van der Waals surface area contributed by atoms with E-state index in [2.05, 4.69) is 0 Å². The molecule has 2 nitrogen and oxygen atoms in total. The van der Waals surface area contributed by atoms with E-state index in [0.29, 0.717) is 10.6 Å². The highest BCUT2D eigenvalue weighted by atomic mass is 35.5. The average molecular weight is 356 g/mol.